The summed E-state index contributed by atoms with van der Waals surface area (Å²) in [5.41, 5.74) is 1.73. The molecule has 0 aliphatic heterocycles. The minimum absolute atomic E-state index is 0.0144. The molecule has 0 aliphatic rings. The van der Waals surface area contributed by atoms with Crippen LogP contribution in [0.5, 0.6) is 0 Å². The van der Waals surface area contributed by atoms with Crippen molar-refractivity contribution in [3.8, 4) is 6.07 Å². The molecule has 0 bridgehead atoms. The van der Waals surface area contributed by atoms with E-state index in [-0.39, 0.29) is 18.6 Å². The van der Waals surface area contributed by atoms with Gasteiger partial charge in [0.1, 0.15) is 11.8 Å². The van der Waals surface area contributed by atoms with Crippen LogP contribution in [-0.4, -0.2) is 33.5 Å². The molecule has 1 heterocycles. The lowest BCUT2D eigenvalue weighted by Crippen LogP contribution is -2.39. The van der Waals surface area contributed by atoms with Gasteiger partial charge in [-0.2, -0.15) is 5.26 Å². The van der Waals surface area contributed by atoms with Gasteiger partial charge in [-0.05, 0) is 31.0 Å². The number of aliphatic hydroxyl groups is 1. The minimum Gasteiger partial charge on any atom is -0.396 e. The SMILES string of the molecule is CC(CCO)N(Cc1ccccc1)C(=O)c1ccc(C#N)cn1. The van der Waals surface area contributed by atoms with E-state index in [0.29, 0.717) is 24.2 Å². The number of carbonyl (C=O) groups excluding carboxylic acids is 1. The molecule has 2 aromatic rings. The predicted octanol–water partition coefficient (Wildman–Crippen LogP) is 2.37. The van der Waals surface area contributed by atoms with Gasteiger partial charge in [-0.3, -0.25) is 4.79 Å². The van der Waals surface area contributed by atoms with Gasteiger partial charge >= 0.3 is 0 Å². The molecule has 0 saturated carbocycles. The zero-order valence-electron chi connectivity index (χ0n) is 13.0. The van der Waals surface area contributed by atoms with Crippen LogP contribution in [0.4, 0.5) is 0 Å². The quantitative estimate of drug-likeness (QED) is 0.888. The number of amides is 1. The van der Waals surface area contributed by atoms with Crippen molar-refractivity contribution in [2.45, 2.75) is 25.9 Å². The number of nitrogens with zero attached hydrogens (tertiary/aromatic N) is 3. The third-order valence-electron chi connectivity index (χ3n) is 3.65. The van der Waals surface area contributed by atoms with Crippen LogP contribution in [0.2, 0.25) is 0 Å². The van der Waals surface area contributed by atoms with E-state index in [4.69, 9.17) is 5.26 Å². The van der Waals surface area contributed by atoms with Crippen molar-refractivity contribution in [3.05, 3.63) is 65.5 Å². The summed E-state index contributed by atoms with van der Waals surface area (Å²) in [6.45, 7) is 2.36. The van der Waals surface area contributed by atoms with E-state index in [1.54, 1.807) is 17.0 Å². The first-order valence-electron chi connectivity index (χ1n) is 7.47. The molecule has 1 atom stereocenters. The van der Waals surface area contributed by atoms with Gasteiger partial charge in [-0.1, -0.05) is 30.3 Å². The highest BCUT2D eigenvalue weighted by atomic mass is 16.3. The number of pyridine rings is 1. The summed E-state index contributed by atoms with van der Waals surface area (Å²) in [5, 5.41) is 18.0. The van der Waals surface area contributed by atoms with Crippen LogP contribution in [0.25, 0.3) is 0 Å². The third-order valence-corrected chi connectivity index (χ3v) is 3.65. The molecule has 2 rings (SSSR count). The molecule has 1 amide bonds. The first-order chi connectivity index (χ1) is 11.2. The molecule has 1 unspecified atom stereocenters. The van der Waals surface area contributed by atoms with Gasteiger partial charge < -0.3 is 10.0 Å². The highest BCUT2D eigenvalue weighted by Gasteiger charge is 2.22. The monoisotopic (exact) mass is 309 g/mol. The second kappa shape index (κ2) is 8.06. The summed E-state index contributed by atoms with van der Waals surface area (Å²) in [5.74, 6) is -0.209. The fraction of sp³-hybridized carbons (Fsp3) is 0.278. The Morgan fingerprint density at radius 3 is 2.61 bits per heavy atom. The van der Waals surface area contributed by atoms with E-state index in [2.05, 4.69) is 4.98 Å². The number of benzene rings is 1. The molecule has 0 spiro atoms. The summed E-state index contributed by atoms with van der Waals surface area (Å²) in [4.78, 5) is 18.5. The molecule has 5 nitrogen and oxygen atoms in total. The molecule has 0 fully saturated rings. The van der Waals surface area contributed by atoms with Crippen LogP contribution in [0.15, 0.2) is 48.7 Å². The highest BCUT2D eigenvalue weighted by Crippen LogP contribution is 2.14. The molecule has 118 valence electrons. The zero-order chi connectivity index (χ0) is 16.7. The third kappa shape index (κ3) is 4.38. The Balaban J connectivity index is 2.24. The highest BCUT2D eigenvalue weighted by molar-refractivity contribution is 5.92. The van der Waals surface area contributed by atoms with Crippen LogP contribution in [-0.2, 0) is 6.54 Å². The Labute approximate surface area is 135 Å². The van der Waals surface area contributed by atoms with Crippen LogP contribution in [0.3, 0.4) is 0 Å². The zero-order valence-corrected chi connectivity index (χ0v) is 13.0. The normalized spacial score (nSPS) is 11.5. The topological polar surface area (TPSA) is 77.2 Å². The van der Waals surface area contributed by atoms with Gasteiger partial charge in [0.05, 0.1) is 5.56 Å². The van der Waals surface area contributed by atoms with Gasteiger partial charge in [-0.25, -0.2) is 4.98 Å². The molecule has 0 saturated heterocycles. The van der Waals surface area contributed by atoms with Gasteiger partial charge in [0.2, 0.25) is 0 Å². The number of carbonyl (C=O) groups is 1. The summed E-state index contributed by atoms with van der Waals surface area (Å²) in [7, 11) is 0. The summed E-state index contributed by atoms with van der Waals surface area (Å²) >= 11 is 0. The Bertz CT molecular complexity index is 678. The Morgan fingerprint density at radius 2 is 2.04 bits per heavy atom. The maximum Gasteiger partial charge on any atom is 0.272 e. The van der Waals surface area contributed by atoms with E-state index < -0.39 is 0 Å². The number of nitriles is 1. The molecule has 5 heteroatoms. The van der Waals surface area contributed by atoms with Crippen LogP contribution in [0.1, 0.15) is 35.0 Å². The average molecular weight is 309 g/mol. The van der Waals surface area contributed by atoms with Crippen molar-refractivity contribution in [2.24, 2.45) is 0 Å². The van der Waals surface area contributed by atoms with E-state index in [1.165, 1.54) is 6.20 Å². The second-order valence-electron chi connectivity index (χ2n) is 5.32. The molecule has 23 heavy (non-hydrogen) atoms. The van der Waals surface area contributed by atoms with Crippen molar-refractivity contribution >= 4 is 5.91 Å². The van der Waals surface area contributed by atoms with E-state index in [9.17, 15) is 9.90 Å². The molecule has 1 aromatic heterocycles. The van der Waals surface area contributed by atoms with E-state index in [0.717, 1.165) is 5.56 Å². The van der Waals surface area contributed by atoms with Crippen molar-refractivity contribution in [1.29, 1.82) is 5.26 Å². The summed E-state index contributed by atoms with van der Waals surface area (Å²) in [6, 6.07) is 14.7. The van der Waals surface area contributed by atoms with Crippen LogP contribution < -0.4 is 0 Å². The predicted molar refractivity (Wildman–Crippen MR) is 86.4 cm³/mol. The second-order valence-corrected chi connectivity index (χ2v) is 5.32. The van der Waals surface area contributed by atoms with Crippen molar-refractivity contribution < 1.29 is 9.90 Å². The van der Waals surface area contributed by atoms with E-state index >= 15 is 0 Å². The molecule has 0 aliphatic carbocycles. The lowest BCUT2D eigenvalue weighted by molar-refractivity contribution is 0.0642. The fourth-order valence-corrected chi connectivity index (χ4v) is 2.28. The van der Waals surface area contributed by atoms with E-state index in [1.807, 2.05) is 43.3 Å². The number of hydrogen-bond acceptors (Lipinski definition) is 4. The Morgan fingerprint density at radius 1 is 1.30 bits per heavy atom. The lowest BCUT2D eigenvalue weighted by atomic mass is 10.1. The van der Waals surface area contributed by atoms with Crippen molar-refractivity contribution in [1.82, 2.24) is 9.88 Å². The van der Waals surface area contributed by atoms with Gasteiger partial charge in [-0.15, -0.1) is 0 Å². The van der Waals surface area contributed by atoms with Crippen molar-refractivity contribution in [2.75, 3.05) is 6.61 Å². The molecule has 1 N–H and O–H groups in total. The number of hydrogen-bond donors (Lipinski definition) is 1. The largest absolute Gasteiger partial charge is 0.396 e. The fourth-order valence-electron chi connectivity index (χ4n) is 2.28. The number of aliphatic hydroxyl groups excluding tert-OH is 1. The lowest BCUT2D eigenvalue weighted by Gasteiger charge is -2.29. The maximum absolute atomic E-state index is 12.8. The average Bonchev–Trinajstić information content (AvgIpc) is 2.60. The first-order valence-corrected chi connectivity index (χ1v) is 7.47. The van der Waals surface area contributed by atoms with Gasteiger partial charge in [0.25, 0.3) is 5.91 Å². The Kier molecular flexibility index (Phi) is 5.84. The standard InChI is InChI=1S/C18H19N3O2/c1-14(9-10-22)21(13-15-5-3-2-4-6-15)18(23)17-8-7-16(11-19)12-20-17/h2-8,12,14,22H,9-10,13H2,1H3. The minimum atomic E-state index is -0.209. The Hall–Kier alpha value is -2.71. The maximum atomic E-state index is 12.8. The number of rotatable bonds is 6. The summed E-state index contributed by atoms with van der Waals surface area (Å²) < 4.78 is 0. The van der Waals surface area contributed by atoms with Gasteiger partial charge in [0, 0.05) is 25.4 Å². The molecule has 0 radical (unpaired) electrons. The molecular formula is C18H19N3O2. The van der Waals surface area contributed by atoms with Gasteiger partial charge in [0.15, 0.2) is 0 Å². The first kappa shape index (κ1) is 16.7. The summed E-state index contributed by atoms with van der Waals surface area (Å²) in [6.07, 6.45) is 1.89. The molecular weight excluding hydrogens is 290 g/mol. The number of aromatic nitrogens is 1. The smallest absolute Gasteiger partial charge is 0.272 e. The molecule has 1 aromatic carbocycles. The van der Waals surface area contributed by atoms with Crippen LogP contribution >= 0.6 is 0 Å². The van der Waals surface area contributed by atoms with Crippen molar-refractivity contribution in [3.63, 3.8) is 0 Å². The van der Waals surface area contributed by atoms with Crippen LogP contribution in [0, 0.1) is 11.3 Å².